The third kappa shape index (κ3) is 0.859. The Hall–Kier alpha value is -1.58. The van der Waals surface area contributed by atoms with Crippen molar-refractivity contribution in [2.75, 3.05) is 14.2 Å². The zero-order valence-electron chi connectivity index (χ0n) is 11.4. The van der Waals surface area contributed by atoms with E-state index in [2.05, 4.69) is 12.2 Å². The van der Waals surface area contributed by atoms with Crippen molar-refractivity contribution < 1.29 is 19.1 Å². The second kappa shape index (κ2) is 3.18. The van der Waals surface area contributed by atoms with Gasteiger partial charge in [0.15, 0.2) is 0 Å². The van der Waals surface area contributed by atoms with Crippen LogP contribution in [0.1, 0.15) is 0 Å². The zero-order chi connectivity index (χ0) is 13.8. The fourth-order valence-electron chi connectivity index (χ4n) is 6.58. The summed E-state index contributed by atoms with van der Waals surface area (Å²) in [7, 11) is 2.79. The van der Waals surface area contributed by atoms with Crippen LogP contribution in [0.25, 0.3) is 0 Å². The molecule has 8 atom stereocenters. The first-order valence-electron chi connectivity index (χ1n) is 7.29. The lowest BCUT2D eigenvalue weighted by molar-refractivity contribution is -0.140. The predicted molar refractivity (Wildman–Crippen MR) is 68.1 cm³/mol. The molecule has 0 aromatic heterocycles. The third-order valence-corrected chi connectivity index (χ3v) is 6.65. The Kier molecular flexibility index (Phi) is 1.77. The van der Waals surface area contributed by atoms with Crippen LogP contribution in [0, 0.1) is 47.3 Å². The molecule has 0 heterocycles. The highest BCUT2D eigenvalue weighted by Crippen LogP contribution is 2.81. The highest BCUT2D eigenvalue weighted by atomic mass is 16.5. The molecule has 6 rings (SSSR count). The van der Waals surface area contributed by atoms with Crippen LogP contribution in [-0.4, -0.2) is 26.2 Å². The van der Waals surface area contributed by atoms with Crippen molar-refractivity contribution >= 4 is 11.9 Å². The molecule has 4 fully saturated rings. The van der Waals surface area contributed by atoms with E-state index in [1.54, 1.807) is 0 Å². The first-order valence-corrected chi connectivity index (χ1v) is 7.29. The van der Waals surface area contributed by atoms with Gasteiger partial charge in [-0.2, -0.15) is 0 Å². The number of hydrogen-bond acceptors (Lipinski definition) is 4. The second-order valence-corrected chi connectivity index (χ2v) is 6.71. The molecule has 0 aromatic carbocycles. The molecule has 104 valence electrons. The molecule has 0 amide bonds. The molecular formula is C16H16O4. The van der Waals surface area contributed by atoms with Crippen LogP contribution in [0.5, 0.6) is 0 Å². The first-order chi connectivity index (χ1) is 9.70. The van der Waals surface area contributed by atoms with Crippen molar-refractivity contribution in [3.05, 3.63) is 23.3 Å². The Morgan fingerprint density at radius 2 is 1.25 bits per heavy atom. The standard InChI is InChI=1S/C16H16O4/c1-19-15(17)13-11-8-5-3-4-6-7(5)10(11)12(9(6)8)14(13)16(18)20-2/h3-12H,1-2H3/t5-,6-,7?,8-,9+,10?,11+,12+/m1/s1. The molecular weight excluding hydrogens is 256 g/mol. The summed E-state index contributed by atoms with van der Waals surface area (Å²) < 4.78 is 9.89. The molecule has 0 saturated heterocycles. The summed E-state index contributed by atoms with van der Waals surface area (Å²) in [6.07, 6.45) is 4.69. The van der Waals surface area contributed by atoms with Crippen LogP contribution in [-0.2, 0) is 19.1 Å². The minimum absolute atomic E-state index is 0.239. The van der Waals surface area contributed by atoms with E-state index in [-0.39, 0.29) is 23.8 Å². The van der Waals surface area contributed by atoms with Gasteiger partial charge in [-0.15, -0.1) is 0 Å². The average molecular weight is 272 g/mol. The van der Waals surface area contributed by atoms with Gasteiger partial charge < -0.3 is 9.47 Å². The van der Waals surface area contributed by atoms with Gasteiger partial charge in [-0.25, -0.2) is 9.59 Å². The lowest BCUT2D eigenvalue weighted by atomic mass is 9.71. The zero-order valence-corrected chi connectivity index (χ0v) is 11.4. The minimum atomic E-state index is -0.325. The van der Waals surface area contributed by atoms with Crippen molar-refractivity contribution in [2.24, 2.45) is 47.3 Å². The normalized spacial score (nSPS) is 51.5. The molecule has 0 aliphatic heterocycles. The van der Waals surface area contributed by atoms with Gasteiger partial charge in [0, 0.05) is 0 Å². The minimum Gasteiger partial charge on any atom is -0.466 e. The Morgan fingerprint density at radius 3 is 1.65 bits per heavy atom. The quantitative estimate of drug-likeness (QED) is 0.559. The van der Waals surface area contributed by atoms with Crippen molar-refractivity contribution in [2.45, 2.75) is 0 Å². The SMILES string of the molecule is COC(=O)C1=C(C(=O)OC)[C@@H]2C3C4[C@H]5C=C[C@H]4[C@@H]2[C@H]5[C@H]13. The number of carbonyl (C=O) groups is 2. The van der Waals surface area contributed by atoms with E-state index in [9.17, 15) is 9.59 Å². The molecule has 20 heavy (non-hydrogen) atoms. The van der Waals surface area contributed by atoms with Crippen LogP contribution < -0.4 is 0 Å². The summed E-state index contributed by atoms with van der Waals surface area (Å²) in [6.45, 7) is 0. The van der Waals surface area contributed by atoms with Crippen LogP contribution in [0.4, 0.5) is 0 Å². The van der Waals surface area contributed by atoms with E-state index in [1.807, 2.05) is 0 Å². The second-order valence-electron chi connectivity index (χ2n) is 6.71. The smallest absolute Gasteiger partial charge is 0.334 e. The van der Waals surface area contributed by atoms with Gasteiger partial charge in [0.1, 0.15) is 0 Å². The van der Waals surface area contributed by atoms with Crippen LogP contribution in [0.15, 0.2) is 23.3 Å². The van der Waals surface area contributed by atoms with E-state index in [0.717, 1.165) is 0 Å². The van der Waals surface area contributed by atoms with Gasteiger partial charge in [0.05, 0.1) is 25.4 Å². The molecule has 8 bridgehead atoms. The summed E-state index contributed by atoms with van der Waals surface area (Å²) in [5, 5.41) is 0. The summed E-state index contributed by atoms with van der Waals surface area (Å²) in [5.41, 5.74) is 1.27. The van der Waals surface area contributed by atoms with Gasteiger partial charge in [0.25, 0.3) is 0 Å². The number of hydrogen-bond donors (Lipinski definition) is 0. The highest BCUT2D eigenvalue weighted by molar-refractivity contribution is 6.03. The fourth-order valence-corrected chi connectivity index (χ4v) is 6.58. The Bertz CT molecular complexity index is 566. The molecule has 0 spiro atoms. The van der Waals surface area contributed by atoms with Gasteiger partial charge in [-0.1, -0.05) is 12.2 Å². The van der Waals surface area contributed by atoms with E-state index in [1.165, 1.54) is 14.2 Å². The lowest BCUT2D eigenvalue weighted by Gasteiger charge is -2.33. The molecule has 0 N–H and O–H groups in total. The van der Waals surface area contributed by atoms with Gasteiger partial charge in [-0.05, 0) is 47.3 Å². The number of methoxy groups -OCH3 is 2. The Balaban J connectivity index is 1.68. The summed E-state index contributed by atoms with van der Waals surface area (Å²) in [4.78, 5) is 24.4. The molecule has 4 heteroatoms. The predicted octanol–water partition coefficient (Wildman–Crippen LogP) is 1.18. The van der Waals surface area contributed by atoms with Gasteiger partial charge in [-0.3, -0.25) is 0 Å². The average Bonchev–Trinajstić information content (AvgIpc) is 3.23. The Morgan fingerprint density at radius 1 is 0.800 bits per heavy atom. The number of allylic oxidation sites excluding steroid dienone is 2. The molecule has 0 radical (unpaired) electrons. The van der Waals surface area contributed by atoms with Crippen molar-refractivity contribution in [3.8, 4) is 0 Å². The molecule has 0 aromatic rings. The monoisotopic (exact) mass is 272 g/mol. The maximum absolute atomic E-state index is 12.2. The first kappa shape index (κ1) is 11.1. The molecule has 4 saturated carbocycles. The van der Waals surface area contributed by atoms with Crippen molar-refractivity contribution in [3.63, 3.8) is 0 Å². The Labute approximate surface area is 116 Å². The van der Waals surface area contributed by atoms with Crippen LogP contribution in [0.3, 0.4) is 0 Å². The third-order valence-electron chi connectivity index (χ3n) is 6.65. The molecule has 6 aliphatic carbocycles. The van der Waals surface area contributed by atoms with Crippen molar-refractivity contribution in [1.29, 1.82) is 0 Å². The van der Waals surface area contributed by atoms with Crippen LogP contribution in [0.2, 0.25) is 0 Å². The van der Waals surface area contributed by atoms with E-state index >= 15 is 0 Å². The van der Waals surface area contributed by atoms with Gasteiger partial charge in [0.2, 0.25) is 0 Å². The number of carbonyl (C=O) groups excluding carboxylic acids is 2. The lowest BCUT2D eigenvalue weighted by Crippen LogP contribution is -2.33. The van der Waals surface area contributed by atoms with Gasteiger partial charge >= 0.3 is 11.9 Å². The molecule has 2 unspecified atom stereocenters. The largest absolute Gasteiger partial charge is 0.466 e. The van der Waals surface area contributed by atoms with E-state index in [4.69, 9.17) is 9.47 Å². The van der Waals surface area contributed by atoms with E-state index in [0.29, 0.717) is 46.7 Å². The fraction of sp³-hybridized carbons (Fsp3) is 0.625. The molecule has 4 nitrogen and oxygen atoms in total. The summed E-state index contributed by atoms with van der Waals surface area (Å²) in [5.74, 6) is 3.35. The maximum Gasteiger partial charge on any atom is 0.334 e. The van der Waals surface area contributed by atoms with Crippen LogP contribution >= 0.6 is 0 Å². The maximum atomic E-state index is 12.2. The number of esters is 2. The molecule has 6 aliphatic rings. The van der Waals surface area contributed by atoms with Crippen molar-refractivity contribution in [1.82, 2.24) is 0 Å². The van der Waals surface area contributed by atoms with E-state index < -0.39 is 0 Å². The number of ether oxygens (including phenoxy) is 2. The number of rotatable bonds is 2. The summed E-state index contributed by atoms with van der Waals surface area (Å²) in [6, 6.07) is 0. The topological polar surface area (TPSA) is 52.6 Å². The summed E-state index contributed by atoms with van der Waals surface area (Å²) >= 11 is 0. The highest BCUT2D eigenvalue weighted by Gasteiger charge is 2.79.